The highest BCUT2D eigenvalue weighted by atomic mass is 15.0. The van der Waals surface area contributed by atoms with Crippen molar-refractivity contribution in [3.63, 3.8) is 0 Å². The monoisotopic (exact) mass is 184 g/mol. The van der Waals surface area contributed by atoms with Gasteiger partial charge in [0, 0.05) is 18.1 Å². The smallest absolute Gasteiger partial charge is 0.0161 e. The van der Waals surface area contributed by atoms with Gasteiger partial charge in [-0.05, 0) is 31.6 Å². The van der Waals surface area contributed by atoms with Crippen molar-refractivity contribution >= 4 is 0 Å². The fraction of sp³-hybridized carbons (Fsp3) is 1.00. The van der Waals surface area contributed by atoms with Gasteiger partial charge in [-0.15, -0.1) is 0 Å². The molecule has 2 nitrogen and oxygen atoms in total. The van der Waals surface area contributed by atoms with Gasteiger partial charge in [0.25, 0.3) is 0 Å². The Morgan fingerprint density at radius 1 is 1.31 bits per heavy atom. The zero-order chi connectivity index (χ0) is 10.3. The van der Waals surface area contributed by atoms with E-state index in [1.165, 1.54) is 6.42 Å². The second-order valence-electron chi connectivity index (χ2n) is 5.81. The predicted octanol–water partition coefficient (Wildman–Crippen LogP) is 1.75. The molecule has 2 unspecified atom stereocenters. The van der Waals surface area contributed by atoms with E-state index in [9.17, 15) is 0 Å². The van der Waals surface area contributed by atoms with Crippen LogP contribution in [0.15, 0.2) is 0 Å². The standard InChI is InChI=1S/C11H24N2/c1-8-6-9(8)13-7-10(2,3)11(4,5)12/h8-9,13H,6-7,12H2,1-5H3. The third kappa shape index (κ3) is 2.68. The van der Waals surface area contributed by atoms with E-state index >= 15 is 0 Å². The van der Waals surface area contributed by atoms with Crippen LogP contribution >= 0.6 is 0 Å². The van der Waals surface area contributed by atoms with E-state index in [4.69, 9.17) is 5.73 Å². The normalized spacial score (nSPS) is 29.1. The first-order valence-corrected chi connectivity index (χ1v) is 5.26. The van der Waals surface area contributed by atoms with Crippen LogP contribution in [0.3, 0.4) is 0 Å². The van der Waals surface area contributed by atoms with Crippen molar-refractivity contribution in [3.05, 3.63) is 0 Å². The molecule has 0 aromatic rings. The molecule has 1 aliphatic carbocycles. The Kier molecular flexibility index (Phi) is 2.75. The fourth-order valence-corrected chi connectivity index (χ4v) is 1.22. The molecule has 0 bridgehead atoms. The molecule has 1 aliphatic rings. The summed E-state index contributed by atoms with van der Waals surface area (Å²) in [7, 11) is 0. The van der Waals surface area contributed by atoms with E-state index in [0.717, 1.165) is 18.5 Å². The predicted molar refractivity (Wildman–Crippen MR) is 57.6 cm³/mol. The Balaban J connectivity index is 2.34. The van der Waals surface area contributed by atoms with E-state index in [1.807, 2.05) is 0 Å². The minimum Gasteiger partial charge on any atom is -0.325 e. The van der Waals surface area contributed by atoms with Gasteiger partial charge in [0.15, 0.2) is 0 Å². The highest BCUT2D eigenvalue weighted by molar-refractivity contribution is 4.96. The lowest BCUT2D eigenvalue weighted by atomic mass is 9.75. The highest BCUT2D eigenvalue weighted by Crippen LogP contribution is 2.32. The lowest BCUT2D eigenvalue weighted by molar-refractivity contribution is 0.194. The van der Waals surface area contributed by atoms with Crippen LogP contribution < -0.4 is 11.1 Å². The summed E-state index contributed by atoms with van der Waals surface area (Å²) in [4.78, 5) is 0. The van der Waals surface area contributed by atoms with Gasteiger partial charge < -0.3 is 11.1 Å². The minimum absolute atomic E-state index is 0.113. The summed E-state index contributed by atoms with van der Waals surface area (Å²) in [5, 5.41) is 3.57. The van der Waals surface area contributed by atoms with Crippen LogP contribution in [-0.2, 0) is 0 Å². The van der Waals surface area contributed by atoms with Crippen LogP contribution in [0.4, 0.5) is 0 Å². The lowest BCUT2D eigenvalue weighted by Crippen LogP contribution is -2.52. The van der Waals surface area contributed by atoms with Gasteiger partial charge in [0.05, 0.1) is 0 Å². The molecule has 0 aliphatic heterocycles. The van der Waals surface area contributed by atoms with Crippen molar-refractivity contribution in [2.45, 2.75) is 52.6 Å². The molecule has 2 heteroatoms. The largest absolute Gasteiger partial charge is 0.325 e. The summed E-state index contributed by atoms with van der Waals surface area (Å²) >= 11 is 0. The summed E-state index contributed by atoms with van der Waals surface area (Å²) in [5.74, 6) is 0.872. The molecule has 0 aromatic heterocycles. The Bertz CT molecular complexity index is 179. The Morgan fingerprint density at radius 2 is 1.77 bits per heavy atom. The van der Waals surface area contributed by atoms with Crippen molar-refractivity contribution in [1.82, 2.24) is 5.32 Å². The number of hydrogen-bond donors (Lipinski definition) is 2. The number of nitrogens with one attached hydrogen (secondary N) is 1. The quantitative estimate of drug-likeness (QED) is 0.698. The second kappa shape index (κ2) is 3.25. The maximum Gasteiger partial charge on any atom is 0.0161 e. The molecule has 0 aromatic carbocycles. The number of rotatable bonds is 4. The summed E-state index contributed by atoms with van der Waals surface area (Å²) in [6.45, 7) is 12.0. The molecule has 0 radical (unpaired) electrons. The SMILES string of the molecule is CC1CC1NCC(C)(C)C(C)(C)N. The van der Waals surface area contributed by atoms with Gasteiger partial charge in [-0.3, -0.25) is 0 Å². The van der Waals surface area contributed by atoms with Crippen LogP contribution in [0.1, 0.15) is 41.0 Å². The van der Waals surface area contributed by atoms with Crippen LogP contribution in [0, 0.1) is 11.3 Å². The number of hydrogen-bond acceptors (Lipinski definition) is 2. The van der Waals surface area contributed by atoms with E-state index in [0.29, 0.717) is 0 Å². The van der Waals surface area contributed by atoms with Crippen LogP contribution in [0.25, 0.3) is 0 Å². The Labute approximate surface area is 82.3 Å². The number of nitrogens with two attached hydrogens (primary N) is 1. The summed E-state index contributed by atoms with van der Waals surface area (Å²) in [6, 6.07) is 0.752. The van der Waals surface area contributed by atoms with Crippen molar-refractivity contribution in [3.8, 4) is 0 Å². The van der Waals surface area contributed by atoms with E-state index in [1.54, 1.807) is 0 Å². The maximum absolute atomic E-state index is 6.11. The van der Waals surface area contributed by atoms with E-state index < -0.39 is 0 Å². The Morgan fingerprint density at radius 3 is 2.08 bits per heavy atom. The molecular formula is C11H24N2. The molecule has 1 rings (SSSR count). The molecule has 1 saturated carbocycles. The third-order valence-electron chi connectivity index (χ3n) is 3.66. The van der Waals surface area contributed by atoms with Crippen molar-refractivity contribution in [1.29, 1.82) is 0 Å². The summed E-state index contributed by atoms with van der Waals surface area (Å²) in [5.41, 5.74) is 6.16. The zero-order valence-corrected chi connectivity index (χ0v) is 9.65. The molecule has 13 heavy (non-hydrogen) atoms. The van der Waals surface area contributed by atoms with Crippen LogP contribution in [-0.4, -0.2) is 18.1 Å². The molecule has 2 atom stereocenters. The summed E-state index contributed by atoms with van der Waals surface area (Å²) < 4.78 is 0. The molecule has 0 amide bonds. The van der Waals surface area contributed by atoms with Crippen LogP contribution in [0.5, 0.6) is 0 Å². The molecule has 0 heterocycles. The summed E-state index contributed by atoms with van der Waals surface area (Å²) in [6.07, 6.45) is 1.33. The molecule has 0 saturated heterocycles. The molecule has 78 valence electrons. The third-order valence-corrected chi connectivity index (χ3v) is 3.66. The molecular weight excluding hydrogens is 160 g/mol. The van der Waals surface area contributed by atoms with Gasteiger partial charge in [0.2, 0.25) is 0 Å². The van der Waals surface area contributed by atoms with Gasteiger partial charge in [-0.1, -0.05) is 20.8 Å². The Hall–Kier alpha value is -0.0800. The topological polar surface area (TPSA) is 38.0 Å². The van der Waals surface area contributed by atoms with Crippen molar-refractivity contribution in [2.24, 2.45) is 17.1 Å². The maximum atomic E-state index is 6.11. The van der Waals surface area contributed by atoms with Gasteiger partial charge in [-0.2, -0.15) is 0 Å². The van der Waals surface area contributed by atoms with Gasteiger partial charge >= 0.3 is 0 Å². The average molecular weight is 184 g/mol. The molecule has 0 spiro atoms. The van der Waals surface area contributed by atoms with Crippen molar-refractivity contribution < 1.29 is 0 Å². The first kappa shape index (κ1) is 11.0. The second-order valence-corrected chi connectivity index (χ2v) is 5.81. The first-order valence-electron chi connectivity index (χ1n) is 5.26. The minimum atomic E-state index is -0.113. The fourth-order valence-electron chi connectivity index (χ4n) is 1.22. The van der Waals surface area contributed by atoms with Gasteiger partial charge in [-0.25, -0.2) is 0 Å². The van der Waals surface area contributed by atoms with E-state index in [-0.39, 0.29) is 11.0 Å². The average Bonchev–Trinajstić information content (AvgIpc) is 2.60. The van der Waals surface area contributed by atoms with Crippen molar-refractivity contribution in [2.75, 3.05) is 6.54 Å². The zero-order valence-electron chi connectivity index (χ0n) is 9.65. The van der Waals surface area contributed by atoms with Crippen LogP contribution in [0.2, 0.25) is 0 Å². The van der Waals surface area contributed by atoms with E-state index in [2.05, 4.69) is 39.9 Å². The molecule has 1 fully saturated rings. The van der Waals surface area contributed by atoms with Gasteiger partial charge in [0.1, 0.15) is 0 Å². The lowest BCUT2D eigenvalue weighted by Gasteiger charge is -2.38. The molecule has 3 N–H and O–H groups in total. The first-order chi connectivity index (χ1) is 5.74. The highest BCUT2D eigenvalue weighted by Gasteiger charge is 2.37.